The van der Waals surface area contributed by atoms with Gasteiger partial charge in [-0.3, -0.25) is 9.59 Å². The molecule has 2 bridgehead atoms. The molecule has 0 radical (unpaired) electrons. The lowest BCUT2D eigenvalue weighted by Crippen LogP contribution is -2.49. The fourth-order valence-electron chi connectivity index (χ4n) is 4.06. The molecule has 4 nitrogen and oxygen atoms in total. The highest BCUT2D eigenvalue weighted by Gasteiger charge is 2.51. The van der Waals surface area contributed by atoms with Crippen LogP contribution in [0.4, 0.5) is 0 Å². The van der Waals surface area contributed by atoms with Gasteiger partial charge >= 0.3 is 5.97 Å². The predicted octanol–water partition coefficient (Wildman–Crippen LogP) is 1.89. The number of fused-ring (bicyclic) bond motifs is 2. The molecule has 3 fully saturated rings. The lowest BCUT2D eigenvalue weighted by Gasteiger charge is -2.31. The first kappa shape index (κ1) is 13.3. The van der Waals surface area contributed by atoms with Crippen LogP contribution in [-0.2, 0) is 9.59 Å². The van der Waals surface area contributed by atoms with Crippen molar-refractivity contribution in [3.05, 3.63) is 0 Å². The summed E-state index contributed by atoms with van der Waals surface area (Å²) in [6.07, 6.45) is 6.34. The molecule has 2 aliphatic carbocycles. The fraction of sp³-hybridized carbons (Fsp3) is 0.857. The molecule has 1 aliphatic heterocycles. The fourth-order valence-corrected chi connectivity index (χ4v) is 5.27. The van der Waals surface area contributed by atoms with Gasteiger partial charge in [0.05, 0.1) is 11.2 Å². The van der Waals surface area contributed by atoms with E-state index in [2.05, 4.69) is 5.32 Å². The lowest BCUT2D eigenvalue weighted by molar-refractivity contribution is -0.144. The standard InChI is InChI=1S/C14H21NO3S/c16-13(10-3-1-2-6-19-10)15-12-9-5-4-8(7-9)11(12)14(17)18/h8-12H,1-7H2,(H,15,16)(H,17,18). The van der Waals surface area contributed by atoms with Gasteiger partial charge in [-0.1, -0.05) is 6.42 Å². The minimum Gasteiger partial charge on any atom is -0.481 e. The first-order valence-electron chi connectivity index (χ1n) is 7.31. The summed E-state index contributed by atoms with van der Waals surface area (Å²) in [5.41, 5.74) is 0. The van der Waals surface area contributed by atoms with Crippen LogP contribution in [0.15, 0.2) is 0 Å². The highest BCUT2D eigenvalue weighted by atomic mass is 32.2. The van der Waals surface area contributed by atoms with Gasteiger partial charge in [0.25, 0.3) is 0 Å². The molecule has 106 valence electrons. The molecule has 3 rings (SSSR count). The van der Waals surface area contributed by atoms with Crippen LogP contribution in [0.3, 0.4) is 0 Å². The summed E-state index contributed by atoms with van der Waals surface area (Å²) in [4.78, 5) is 23.7. The number of aliphatic carboxylic acids is 1. The molecular formula is C14H21NO3S. The van der Waals surface area contributed by atoms with E-state index in [1.165, 1.54) is 6.42 Å². The molecule has 0 aromatic heterocycles. The van der Waals surface area contributed by atoms with Crippen LogP contribution in [0.5, 0.6) is 0 Å². The van der Waals surface area contributed by atoms with E-state index < -0.39 is 5.97 Å². The van der Waals surface area contributed by atoms with E-state index in [0.29, 0.717) is 5.92 Å². The quantitative estimate of drug-likeness (QED) is 0.830. The Hall–Kier alpha value is -0.710. The molecule has 0 aromatic rings. The molecule has 3 aliphatic rings. The second-order valence-corrected chi connectivity index (χ2v) is 7.40. The minimum absolute atomic E-state index is 0.0438. The number of hydrogen-bond donors (Lipinski definition) is 2. The smallest absolute Gasteiger partial charge is 0.308 e. The Kier molecular flexibility index (Phi) is 3.74. The zero-order valence-corrected chi connectivity index (χ0v) is 11.8. The molecule has 5 atom stereocenters. The zero-order valence-electron chi connectivity index (χ0n) is 11.0. The molecular weight excluding hydrogens is 262 g/mol. The van der Waals surface area contributed by atoms with Crippen LogP contribution in [0.1, 0.15) is 38.5 Å². The van der Waals surface area contributed by atoms with Gasteiger partial charge in [0.2, 0.25) is 5.91 Å². The van der Waals surface area contributed by atoms with Crippen molar-refractivity contribution in [1.82, 2.24) is 5.32 Å². The monoisotopic (exact) mass is 283 g/mol. The maximum atomic E-state index is 12.3. The van der Waals surface area contributed by atoms with Crippen molar-refractivity contribution in [3.63, 3.8) is 0 Å². The van der Waals surface area contributed by atoms with Gasteiger partial charge in [0.15, 0.2) is 0 Å². The van der Waals surface area contributed by atoms with Gasteiger partial charge in [0, 0.05) is 6.04 Å². The topological polar surface area (TPSA) is 66.4 Å². The Morgan fingerprint density at radius 2 is 1.89 bits per heavy atom. The van der Waals surface area contributed by atoms with Crippen molar-refractivity contribution in [1.29, 1.82) is 0 Å². The van der Waals surface area contributed by atoms with Crippen molar-refractivity contribution < 1.29 is 14.7 Å². The van der Waals surface area contributed by atoms with Gasteiger partial charge in [0.1, 0.15) is 0 Å². The molecule has 2 N–H and O–H groups in total. The van der Waals surface area contributed by atoms with Crippen molar-refractivity contribution in [2.24, 2.45) is 17.8 Å². The molecule has 0 spiro atoms. The Morgan fingerprint density at radius 1 is 1.11 bits per heavy atom. The molecule has 1 saturated heterocycles. The summed E-state index contributed by atoms with van der Waals surface area (Å²) >= 11 is 1.72. The number of nitrogens with one attached hydrogen (secondary N) is 1. The highest BCUT2D eigenvalue weighted by Crippen LogP contribution is 2.48. The average molecular weight is 283 g/mol. The largest absolute Gasteiger partial charge is 0.481 e. The van der Waals surface area contributed by atoms with E-state index in [4.69, 9.17) is 0 Å². The second-order valence-electron chi connectivity index (χ2n) is 6.09. The summed E-state index contributed by atoms with van der Waals surface area (Å²) in [6.45, 7) is 0. The van der Waals surface area contributed by atoms with Crippen LogP contribution >= 0.6 is 11.8 Å². The third-order valence-electron chi connectivity index (χ3n) is 4.98. The third kappa shape index (κ3) is 2.49. The Morgan fingerprint density at radius 3 is 2.58 bits per heavy atom. The van der Waals surface area contributed by atoms with Gasteiger partial charge < -0.3 is 10.4 Å². The van der Waals surface area contributed by atoms with E-state index in [-0.39, 0.29) is 29.0 Å². The van der Waals surface area contributed by atoms with Crippen LogP contribution in [0, 0.1) is 17.8 Å². The summed E-state index contributed by atoms with van der Waals surface area (Å²) in [5, 5.41) is 12.5. The summed E-state index contributed by atoms with van der Waals surface area (Å²) < 4.78 is 0. The number of rotatable bonds is 3. The van der Waals surface area contributed by atoms with E-state index in [1.54, 1.807) is 11.8 Å². The second kappa shape index (κ2) is 5.35. The maximum absolute atomic E-state index is 12.3. The summed E-state index contributed by atoms with van der Waals surface area (Å²) in [7, 11) is 0. The molecule has 0 aromatic carbocycles. The Balaban J connectivity index is 1.64. The number of carbonyl (C=O) groups is 2. The van der Waals surface area contributed by atoms with Gasteiger partial charge in [-0.25, -0.2) is 0 Å². The highest BCUT2D eigenvalue weighted by molar-refractivity contribution is 8.00. The minimum atomic E-state index is -0.728. The molecule has 1 amide bonds. The zero-order chi connectivity index (χ0) is 13.4. The number of thioether (sulfide) groups is 1. The Bertz CT molecular complexity index is 381. The molecule has 1 heterocycles. The third-order valence-corrected chi connectivity index (χ3v) is 6.36. The van der Waals surface area contributed by atoms with E-state index in [0.717, 1.165) is 37.9 Å². The Labute approximate surface area is 117 Å². The van der Waals surface area contributed by atoms with Gasteiger partial charge in [-0.15, -0.1) is 11.8 Å². The number of amides is 1. The van der Waals surface area contributed by atoms with Crippen LogP contribution in [-0.4, -0.2) is 34.0 Å². The van der Waals surface area contributed by atoms with Crippen LogP contribution < -0.4 is 5.32 Å². The first-order chi connectivity index (χ1) is 9.16. The average Bonchev–Trinajstić information content (AvgIpc) is 3.00. The van der Waals surface area contributed by atoms with Crippen LogP contribution in [0.2, 0.25) is 0 Å². The van der Waals surface area contributed by atoms with Crippen molar-refractivity contribution in [3.8, 4) is 0 Å². The van der Waals surface area contributed by atoms with E-state index in [1.807, 2.05) is 0 Å². The molecule has 19 heavy (non-hydrogen) atoms. The van der Waals surface area contributed by atoms with Gasteiger partial charge in [-0.05, 0) is 49.7 Å². The number of carboxylic acid groups (broad SMARTS) is 1. The predicted molar refractivity (Wildman–Crippen MR) is 74.0 cm³/mol. The molecule has 5 unspecified atom stereocenters. The summed E-state index contributed by atoms with van der Waals surface area (Å²) in [5.74, 6) is 0.728. The van der Waals surface area contributed by atoms with Crippen molar-refractivity contribution >= 4 is 23.6 Å². The van der Waals surface area contributed by atoms with Gasteiger partial charge in [-0.2, -0.15) is 0 Å². The van der Waals surface area contributed by atoms with E-state index in [9.17, 15) is 14.7 Å². The SMILES string of the molecule is O=C(NC1C2CCC(C2)C1C(=O)O)C1CCCCS1. The first-order valence-corrected chi connectivity index (χ1v) is 8.36. The normalized spacial score (nSPS) is 41.2. The van der Waals surface area contributed by atoms with Crippen LogP contribution in [0.25, 0.3) is 0 Å². The number of carbonyl (C=O) groups excluding carboxylic acids is 1. The molecule has 2 saturated carbocycles. The van der Waals surface area contributed by atoms with Crippen molar-refractivity contribution in [2.75, 3.05) is 5.75 Å². The van der Waals surface area contributed by atoms with E-state index >= 15 is 0 Å². The summed E-state index contributed by atoms with van der Waals surface area (Å²) in [6, 6.07) is -0.119. The number of hydrogen-bond acceptors (Lipinski definition) is 3. The maximum Gasteiger partial charge on any atom is 0.308 e. The van der Waals surface area contributed by atoms with Crippen molar-refractivity contribution in [2.45, 2.75) is 49.8 Å². The number of carboxylic acids is 1. The lowest BCUT2D eigenvalue weighted by atomic mass is 9.84. The molecule has 5 heteroatoms.